The third-order valence-electron chi connectivity index (χ3n) is 2.02. The lowest BCUT2D eigenvalue weighted by atomic mass is 10.4. The maximum absolute atomic E-state index is 11.7. The summed E-state index contributed by atoms with van der Waals surface area (Å²) in [5.74, 6) is -0.00134. The van der Waals surface area contributed by atoms with Crippen LogP contribution in [0.25, 0.3) is 0 Å². The molecule has 94 valence electrons. The molecule has 0 spiro atoms. The fourth-order valence-electron chi connectivity index (χ4n) is 1.13. The van der Waals surface area contributed by atoms with Crippen molar-refractivity contribution in [1.29, 1.82) is 0 Å². The fourth-order valence-corrected chi connectivity index (χ4v) is 1.88. The van der Waals surface area contributed by atoms with E-state index in [4.69, 9.17) is 4.74 Å². The van der Waals surface area contributed by atoms with E-state index in [1.165, 1.54) is 11.8 Å². The molecule has 1 aromatic heterocycles. The van der Waals surface area contributed by atoms with Crippen molar-refractivity contribution in [2.24, 2.45) is 0 Å². The van der Waals surface area contributed by atoms with E-state index in [1.54, 1.807) is 25.6 Å². The quantitative estimate of drug-likeness (QED) is 0.449. The smallest absolute Gasteiger partial charge is 0.233 e. The second-order valence-electron chi connectivity index (χ2n) is 3.43. The van der Waals surface area contributed by atoms with Crippen LogP contribution in [0.4, 0.5) is 0 Å². The van der Waals surface area contributed by atoms with Crippen LogP contribution in [0.2, 0.25) is 0 Å². The van der Waals surface area contributed by atoms with E-state index < -0.39 is 0 Å². The molecule has 5 nitrogen and oxygen atoms in total. The van der Waals surface area contributed by atoms with Crippen molar-refractivity contribution in [3.05, 3.63) is 18.5 Å². The van der Waals surface area contributed by atoms with Gasteiger partial charge in [0.1, 0.15) is 0 Å². The van der Waals surface area contributed by atoms with Crippen molar-refractivity contribution in [2.75, 3.05) is 20.3 Å². The molecule has 1 rings (SSSR count). The highest BCUT2D eigenvalue weighted by Crippen LogP contribution is 2.17. The summed E-state index contributed by atoms with van der Waals surface area (Å²) in [5, 5.41) is 3.27. The molecule has 0 saturated carbocycles. The molecule has 0 saturated heterocycles. The Hall–Kier alpha value is -1.14. The fraction of sp³-hybridized carbons (Fsp3) is 0.545. The Labute approximate surface area is 105 Å². The molecule has 0 aliphatic carbocycles. The van der Waals surface area contributed by atoms with Crippen LogP contribution in [0.5, 0.6) is 0 Å². The number of carbonyl (C=O) groups is 1. The Morgan fingerprint density at radius 3 is 2.88 bits per heavy atom. The number of ether oxygens (including phenoxy) is 1. The van der Waals surface area contributed by atoms with Gasteiger partial charge in [-0.15, -0.1) is 0 Å². The van der Waals surface area contributed by atoms with E-state index >= 15 is 0 Å². The summed E-state index contributed by atoms with van der Waals surface area (Å²) in [6, 6.07) is 1.75. The van der Waals surface area contributed by atoms with Gasteiger partial charge < -0.3 is 10.1 Å². The number of carbonyl (C=O) groups excluding carboxylic acids is 1. The Balaban J connectivity index is 2.27. The first-order chi connectivity index (χ1) is 8.24. The Bertz CT molecular complexity index is 335. The van der Waals surface area contributed by atoms with Gasteiger partial charge in [-0.25, -0.2) is 9.97 Å². The van der Waals surface area contributed by atoms with E-state index in [0.29, 0.717) is 18.3 Å². The van der Waals surface area contributed by atoms with Crippen molar-refractivity contribution in [3.63, 3.8) is 0 Å². The predicted molar refractivity (Wildman–Crippen MR) is 66.9 cm³/mol. The molecule has 0 aliphatic rings. The zero-order valence-electron chi connectivity index (χ0n) is 10.0. The Morgan fingerprint density at radius 1 is 1.53 bits per heavy atom. The minimum atomic E-state index is -0.194. The first kappa shape index (κ1) is 13.9. The van der Waals surface area contributed by atoms with Crippen molar-refractivity contribution >= 4 is 17.7 Å². The van der Waals surface area contributed by atoms with E-state index in [-0.39, 0.29) is 11.2 Å². The number of hydrogen-bond acceptors (Lipinski definition) is 5. The summed E-state index contributed by atoms with van der Waals surface area (Å²) in [6.45, 7) is 3.13. The molecule has 1 N–H and O–H groups in total. The number of aromatic nitrogens is 2. The van der Waals surface area contributed by atoms with Crippen molar-refractivity contribution in [2.45, 2.75) is 23.8 Å². The van der Waals surface area contributed by atoms with E-state index in [9.17, 15) is 4.79 Å². The van der Waals surface area contributed by atoms with Gasteiger partial charge in [-0.2, -0.15) is 0 Å². The molecule has 1 atom stereocenters. The summed E-state index contributed by atoms with van der Waals surface area (Å²) in [5.41, 5.74) is 0. The standard InChI is InChI=1S/C11H17N3O2S/c1-9(10(15)12-7-4-8-16-2)17-11-13-5-3-6-14-11/h3,5-6,9H,4,7-8H2,1-2H3,(H,12,15). The third kappa shape index (κ3) is 5.65. The minimum Gasteiger partial charge on any atom is -0.385 e. The number of nitrogens with zero attached hydrogens (tertiary/aromatic N) is 2. The average molecular weight is 255 g/mol. The van der Waals surface area contributed by atoms with Gasteiger partial charge in [0.05, 0.1) is 5.25 Å². The first-order valence-electron chi connectivity index (χ1n) is 5.44. The van der Waals surface area contributed by atoms with Crippen LogP contribution in [0.15, 0.2) is 23.6 Å². The molecule has 17 heavy (non-hydrogen) atoms. The van der Waals surface area contributed by atoms with Crippen LogP contribution >= 0.6 is 11.8 Å². The molecule has 0 radical (unpaired) electrons. The monoisotopic (exact) mass is 255 g/mol. The molecule has 0 aliphatic heterocycles. The normalized spacial score (nSPS) is 12.1. The average Bonchev–Trinajstić information content (AvgIpc) is 2.35. The summed E-state index contributed by atoms with van der Waals surface area (Å²) in [6.07, 6.45) is 4.15. The zero-order valence-corrected chi connectivity index (χ0v) is 10.9. The van der Waals surface area contributed by atoms with Crippen molar-refractivity contribution < 1.29 is 9.53 Å². The van der Waals surface area contributed by atoms with Gasteiger partial charge in [0.15, 0.2) is 5.16 Å². The topological polar surface area (TPSA) is 64.1 Å². The van der Waals surface area contributed by atoms with E-state index in [0.717, 1.165) is 6.42 Å². The van der Waals surface area contributed by atoms with Gasteiger partial charge >= 0.3 is 0 Å². The molecular weight excluding hydrogens is 238 g/mol. The van der Waals surface area contributed by atoms with E-state index in [1.807, 2.05) is 6.92 Å². The molecular formula is C11H17N3O2S. The molecule has 1 unspecified atom stereocenters. The second kappa shape index (κ2) is 8.03. The summed E-state index contributed by atoms with van der Waals surface area (Å²) in [4.78, 5) is 19.8. The van der Waals surface area contributed by atoms with Gasteiger partial charge in [0, 0.05) is 32.7 Å². The van der Waals surface area contributed by atoms with Crippen LogP contribution < -0.4 is 5.32 Å². The minimum absolute atomic E-state index is 0.00134. The van der Waals surface area contributed by atoms with Gasteiger partial charge in [0.25, 0.3) is 0 Å². The molecule has 1 aromatic rings. The maximum Gasteiger partial charge on any atom is 0.233 e. The number of rotatable bonds is 7. The maximum atomic E-state index is 11.7. The lowest BCUT2D eigenvalue weighted by Gasteiger charge is -2.10. The van der Waals surface area contributed by atoms with Crippen LogP contribution in [-0.2, 0) is 9.53 Å². The lowest BCUT2D eigenvalue weighted by molar-refractivity contribution is -0.120. The number of methoxy groups -OCH3 is 1. The van der Waals surface area contributed by atoms with Gasteiger partial charge in [0.2, 0.25) is 5.91 Å². The van der Waals surface area contributed by atoms with E-state index in [2.05, 4.69) is 15.3 Å². The van der Waals surface area contributed by atoms with Crippen molar-refractivity contribution in [3.8, 4) is 0 Å². The number of amides is 1. The molecule has 1 amide bonds. The van der Waals surface area contributed by atoms with Gasteiger partial charge in [-0.3, -0.25) is 4.79 Å². The first-order valence-corrected chi connectivity index (χ1v) is 6.32. The highest BCUT2D eigenvalue weighted by Gasteiger charge is 2.14. The second-order valence-corrected chi connectivity index (χ2v) is 4.74. The molecule has 6 heteroatoms. The van der Waals surface area contributed by atoms with Crippen LogP contribution in [0.1, 0.15) is 13.3 Å². The Kier molecular flexibility index (Phi) is 6.57. The van der Waals surface area contributed by atoms with Crippen LogP contribution in [0, 0.1) is 0 Å². The SMILES string of the molecule is COCCCNC(=O)C(C)Sc1ncccn1. The van der Waals surface area contributed by atoms with Gasteiger partial charge in [-0.1, -0.05) is 11.8 Å². The number of hydrogen-bond donors (Lipinski definition) is 1. The predicted octanol–water partition coefficient (Wildman–Crippen LogP) is 1.11. The third-order valence-corrected chi connectivity index (χ3v) is 3.01. The van der Waals surface area contributed by atoms with Crippen LogP contribution in [-0.4, -0.2) is 41.4 Å². The molecule has 1 heterocycles. The highest BCUT2D eigenvalue weighted by molar-refractivity contribution is 8.00. The Morgan fingerprint density at radius 2 is 2.24 bits per heavy atom. The van der Waals surface area contributed by atoms with Crippen molar-refractivity contribution in [1.82, 2.24) is 15.3 Å². The molecule has 0 bridgehead atoms. The number of thioether (sulfide) groups is 1. The summed E-state index contributed by atoms with van der Waals surface area (Å²) < 4.78 is 4.90. The van der Waals surface area contributed by atoms with Crippen LogP contribution in [0.3, 0.4) is 0 Å². The van der Waals surface area contributed by atoms with Gasteiger partial charge in [-0.05, 0) is 19.4 Å². The number of nitrogens with one attached hydrogen (secondary N) is 1. The summed E-state index contributed by atoms with van der Waals surface area (Å²) in [7, 11) is 1.65. The largest absolute Gasteiger partial charge is 0.385 e. The lowest BCUT2D eigenvalue weighted by Crippen LogP contribution is -2.32. The summed E-state index contributed by atoms with van der Waals surface area (Å²) >= 11 is 1.35. The highest BCUT2D eigenvalue weighted by atomic mass is 32.2. The molecule has 0 fully saturated rings. The zero-order chi connectivity index (χ0) is 12.5. The molecule has 0 aromatic carbocycles.